The number of ether oxygens (including phenoxy) is 1. The smallest absolute Gasteiger partial charge is 0.303 e. The Morgan fingerprint density at radius 3 is 2.95 bits per heavy atom. The molecule has 2 aromatic rings. The molecule has 0 aliphatic carbocycles. The average Bonchev–Trinajstić information content (AvgIpc) is 2.79. The number of aryl methyl sites for hydroxylation is 1. The fourth-order valence-electron chi connectivity index (χ4n) is 1.79. The Bertz CT molecular complexity index is 595. The number of aliphatic carboxylic acids is 1. The summed E-state index contributed by atoms with van der Waals surface area (Å²) in [6, 6.07) is 7.20. The maximum absolute atomic E-state index is 10.6. The van der Waals surface area contributed by atoms with Crippen molar-refractivity contribution in [3.63, 3.8) is 0 Å². The fourth-order valence-corrected chi connectivity index (χ4v) is 1.98. The third-order valence-corrected chi connectivity index (χ3v) is 2.89. The quantitative estimate of drug-likeness (QED) is 0.914. The van der Waals surface area contributed by atoms with Gasteiger partial charge in [-0.05, 0) is 24.6 Å². The summed E-state index contributed by atoms with van der Waals surface area (Å²) in [6.07, 6.45) is 2.03. The van der Waals surface area contributed by atoms with Gasteiger partial charge in [0, 0.05) is 17.0 Å². The number of halogens is 1. The molecule has 0 bridgehead atoms. The van der Waals surface area contributed by atoms with Gasteiger partial charge < -0.3 is 9.84 Å². The monoisotopic (exact) mass is 280 g/mol. The van der Waals surface area contributed by atoms with E-state index in [1.807, 2.05) is 12.1 Å². The summed E-state index contributed by atoms with van der Waals surface area (Å²) < 4.78 is 6.91. The van der Waals surface area contributed by atoms with Gasteiger partial charge in [-0.2, -0.15) is 5.10 Å². The Morgan fingerprint density at radius 2 is 2.32 bits per heavy atom. The molecule has 1 aromatic carbocycles. The number of nitrogens with zero attached hydrogens (tertiary/aromatic N) is 2. The van der Waals surface area contributed by atoms with Gasteiger partial charge in [0.15, 0.2) is 0 Å². The highest BCUT2D eigenvalue weighted by Gasteiger charge is 2.14. The SMILES string of the molecule is COc1c(CCC(=O)O)cnn1-c1cccc(Cl)c1. The Kier molecular flexibility index (Phi) is 4.06. The van der Waals surface area contributed by atoms with E-state index < -0.39 is 5.97 Å². The molecule has 1 N–H and O–H groups in total. The summed E-state index contributed by atoms with van der Waals surface area (Å²) in [4.78, 5) is 10.6. The number of rotatable bonds is 5. The molecule has 0 amide bonds. The van der Waals surface area contributed by atoms with Crippen molar-refractivity contribution < 1.29 is 14.6 Å². The molecule has 0 unspecified atom stereocenters. The molecule has 0 radical (unpaired) electrons. The second-order valence-corrected chi connectivity index (χ2v) is 4.40. The number of carbonyl (C=O) groups is 1. The van der Waals surface area contributed by atoms with E-state index in [-0.39, 0.29) is 6.42 Å². The molecule has 0 aliphatic rings. The summed E-state index contributed by atoms with van der Waals surface area (Å²) in [5.74, 6) is -0.318. The largest absolute Gasteiger partial charge is 0.481 e. The fraction of sp³-hybridized carbons (Fsp3) is 0.231. The highest BCUT2D eigenvalue weighted by molar-refractivity contribution is 6.30. The Hall–Kier alpha value is -2.01. The van der Waals surface area contributed by atoms with Crippen LogP contribution in [0.4, 0.5) is 0 Å². The number of methoxy groups -OCH3 is 1. The number of hydrogen-bond acceptors (Lipinski definition) is 3. The predicted octanol–water partition coefficient (Wildman–Crippen LogP) is 2.55. The van der Waals surface area contributed by atoms with E-state index in [1.165, 1.54) is 7.11 Å². The summed E-state index contributed by atoms with van der Waals surface area (Å²) in [5, 5.41) is 13.5. The molecule has 5 nitrogen and oxygen atoms in total. The predicted molar refractivity (Wildman–Crippen MR) is 71.1 cm³/mol. The van der Waals surface area contributed by atoms with E-state index >= 15 is 0 Å². The lowest BCUT2D eigenvalue weighted by atomic mass is 10.2. The molecule has 1 aromatic heterocycles. The van der Waals surface area contributed by atoms with Crippen LogP contribution in [0.1, 0.15) is 12.0 Å². The minimum Gasteiger partial charge on any atom is -0.481 e. The summed E-state index contributed by atoms with van der Waals surface area (Å²) in [6.45, 7) is 0. The van der Waals surface area contributed by atoms with Gasteiger partial charge in [0.05, 0.1) is 19.0 Å². The zero-order chi connectivity index (χ0) is 13.8. The lowest BCUT2D eigenvalue weighted by molar-refractivity contribution is -0.136. The van der Waals surface area contributed by atoms with Gasteiger partial charge in [0.25, 0.3) is 0 Å². The number of carboxylic acids is 1. The van der Waals surface area contributed by atoms with Gasteiger partial charge in [-0.3, -0.25) is 4.79 Å². The Balaban J connectivity index is 2.34. The molecule has 1 heterocycles. The van der Waals surface area contributed by atoms with E-state index in [4.69, 9.17) is 21.4 Å². The molecule has 0 saturated carbocycles. The maximum Gasteiger partial charge on any atom is 0.303 e. The molecule has 100 valence electrons. The van der Waals surface area contributed by atoms with Crippen LogP contribution >= 0.6 is 11.6 Å². The van der Waals surface area contributed by atoms with Crippen molar-refractivity contribution in [3.05, 3.63) is 41.0 Å². The first-order chi connectivity index (χ1) is 9.11. The first-order valence-corrected chi connectivity index (χ1v) is 6.08. The summed E-state index contributed by atoms with van der Waals surface area (Å²) in [5.41, 5.74) is 1.52. The molecule has 0 atom stereocenters. The number of hydrogen-bond donors (Lipinski definition) is 1. The molecule has 0 aliphatic heterocycles. The number of carboxylic acid groups (broad SMARTS) is 1. The highest BCUT2D eigenvalue weighted by atomic mass is 35.5. The number of aromatic nitrogens is 2. The van der Waals surface area contributed by atoms with Crippen LogP contribution in [0.25, 0.3) is 5.69 Å². The molecule has 0 spiro atoms. The van der Waals surface area contributed by atoms with Crippen LogP contribution in [-0.2, 0) is 11.2 Å². The van der Waals surface area contributed by atoms with Crippen LogP contribution in [-0.4, -0.2) is 28.0 Å². The second kappa shape index (κ2) is 5.75. The van der Waals surface area contributed by atoms with Crippen LogP contribution in [0.15, 0.2) is 30.5 Å². The van der Waals surface area contributed by atoms with E-state index in [0.717, 1.165) is 11.3 Å². The van der Waals surface area contributed by atoms with Crippen molar-refractivity contribution in [3.8, 4) is 11.6 Å². The van der Waals surface area contributed by atoms with Gasteiger partial charge in [0.1, 0.15) is 0 Å². The Labute approximate surface area is 115 Å². The van der Waals surface area contributed by atoms with Crippen molar-refractivity contribution in [2.75, 3.05) is 7.11 Å². The molecule has 0 saturated heterocycles. The van der Waals surface area contributed by atoms with Crippen molar-refractivity contribution in [2.45, 2.75) is 12.8 Å². The number of benzene rings is 1. The van der Waals surface area contributed by atoms with Crippen LogP contribution in [0.2, 0.25) is 5.02 Å². The zero-order valence-corrected chi connectivity index (χ0v) is 11.1. The van der Waals surface area contributed by atoms with Gasteiger partial charge in [-0.25, -0.2) is 4.68 Å². The van der Waals surface area contributed by atoms with E-state index in [1.54, 1.807) is 23.0 Å². The summed E-state index contributed by atoms with van der Waals surface area (Å²) in [7, 11) is 1.53. The van der Waals surface area contributed by atoms with E-state index in [0.29, 0.717) is 17.3 Å². The van der Waals surface area contributed by atoms with Crippen LogP contribution in [0.5, 0.6) is 5.88 Å². The lowest BCUT2D eigenvalue weighted by Gasteiger charge is -2.08. The van der Waals surface area contributed by atoms with Gasteiger partial charge in [0.2, 0.25) is 5.88 Å². The average molecular weight is 281 g/mol. The van der Waals surface area contributed by atoms with E-state index in [2.05, 4.69) is 5.10 Å². The van der Waals surface area contributed by atoms with Crippen LogP contribution < -0.4 is 4.74 Å². The van der Waals surface area contributed by atoms with Gasteiger partial charge in [-0.1, -0.05) is 17.7 Å². The third-order valence-electron chi connectivity index (χ3n) is 2.65. The van der Waals surface area contributed by atoms with Crippen molar-refractivity contribution >= 4 is 17.6 Å². The van der Waals surface area contributed by atoms with Crippen LogP contribution in [0, 0.1) is 0 Å². The normalized spacial score (nSPS) is 10.4. The van der Waals surface area contributed by atoms with Crippen molar-refractivity contribution in [2.24, 2.45) is 0 Å². The van der Waals surface area contributed by atoms with Crippen LogP contribution in [0.3, 0.4) is 0 Å². The minimum atomic E-state index is -0.849. The third kappa shape index (κ3) is 3.06. The van der Waals surface area contributed by atoms with Gasteiger partial charge >= 0.3 is 5.97 Å². The molecular formula is C13H13ClN2O3. The Morgan fingerprint density at radius 1 is 1.53 bits per heavy atom. The molecule has 2 rings (SSSR count). The first kappa shape index (κ1) is 13.4. The lowest BCUT2D eigenvalue weighted by Crippen LogP contribution is -2.02. The molecule has 0 fully saturated rings. The van der Waals surface area contributed by atoms with Crippen molar-refractivity contribution in [1.29, 1.82) is 0 Å². The van der Waals surface area contributed by atoms with Gasteiger partial charge in [-0.15, -0.1) is 0 Å². The minimum absolute atomic E-state index is 0.0393. The topological polar surface area (TPSA) is 64.3 Å². The standard InChI is InChI=1S/C13H13ClN2O3/c1-19-13-9(5-6-12(17)18)8-15-16(13)11-4-2-3-10(14)7-11/h2-4,7-8H,5-6H2,1H3,(H,17,18). The molecule has 19 heavy (non-hydrogen) atoms. The zero-order valence-electron chi connectivity index (χ0n) is 10.3. The molecular weight excluding hydrogens is 268 g/mol. The first-order valence-electron chi connectivity index (χ1n) is 5.70. The molecule has 6 heteroatoms. The maximum atomic E-state index is 10.6. The highest BCUT2D eigenvalue weighted by Crippen LogP contribution is 2.24. The second-order valence-electron chi connectivity index (χ2n) is 3.96. The van der Waals surface area contributed by atoms with E-state index in [9.17, 15) is 4.79 Å². The summed E-state index contributed by atoms with van der Waals surface area (Å²) >= 11 is 5.94. The van der Waals surface area contributed by atoms with Crippen molar-refractivity contribution in [1.82, 2.24) is 9.78 Å².